The summed E-state index contributed by atoms with van der Waals surface area (Å²) in [5, 5.41) is 3.32. The SMILES string of the molecule is Fc1ccc(Br)c(CNc2cc(Cl)ccc2F)c1. The fraction of sp³-hybridized carbons (Fsp3) is 0.0769. The maximum atomic E-state index is 13.4. The van der Waals surface area contributed by atoms with Gasteiger partial charge in [0.25, 0.3) is 0 Å². The van der Waals surface area contributed by atoms with E-state index in [-0.39, 0.29) is 5.82 Å². The molecule has 2 rings (SSSR count). The predicted octanol–water partition coefficient (Wildman–Crippen LogP) is 4.99. The fourth-order valence-corrected chi connectivity index (χ4v) is 2.06. The van der Waals surface area contributed by atoms with Gasteiger partial charge in [0.2, 0.25) is 0 Å². The molecule has 1 N–H and O–H groups in total. The number of hydrogen-bond acceptors (Lipinski definition) is 1. The van der Waals surface area contributed by atoms with E-state index < -0.39 is 5.82 Å². The van der Waals surface area contributed by atoms with E-state index >= 15 is 0 Å². The molecule has 0 aromatic heterocycles. The van der Waals surface area contributed by atoms with Crippen molar-refractivity contribution >= 4 is 33.2 Å². The van der Waals surface area contributed by atoms with Crippen molar-refractivity contribution in [2.75, 3.05) is 5.32 Å². The standard InChI is InChI=1S/C13H9BrClF2N/c14-11-3-2-10(16)5-8(11)7-18-13-6-9(15)1-4-12(13)17/h1-6,18H,7H2. The molecule has 0 fully saturated rings. The summed E-state index contributed by atoms with van der Waals surface area (Å²) < 4.78 is 27.3. The molecule has 0 amide bonds. The fourth-order valence-electron chi connectivity index (χ4n) is 1.50. The number of hydrogen-bond donors (Lipinski definition) is 1. The minimum atomic E-state index is -0.396. The topological polar surface area (TPSA) is 12.0 Å². The summed E-state index contributed by atoms with van der Waals surface area (Å²) in [6.07, 6.45) is 0. The van der Waals surface area contributed by atoms with Crippen LogP contribution in [0.2, 0.25) is 5.02 Å². The molecule has 0 saturated heterocycles. The average Bonchev–Trinajstić information content (AvgIpc) is 2.34. The van der Waals surface area contributed by atoms with Crippen LogP contribution in [0.25, 0.3) is 0 Å². The van der Waals surface area contributed by atoms with Crippen molar-refractivity contribution < 1.29 is 8.78 Å². The summed E-state index contributed by atoms with van der Waals surface area (Å²) in [6.45, 7) is 0.301. The van der Waals surface area contributed by atoms with Crippen LogP contribution in [0, 0.1) is 11.6 Å². The van der Waals surface area contributed by atoms with Crippen molar-refractivity contribution in [2.45, 2.75) is 6.54 Å². The van der Waals surface area contributed by atoms with Gasteiger partial charge in [0.15, 0.2) is 0 Å². The summed E-state index contributed by atoms with van der Waals surface area (Å²) in [4.78, 5) is 0. The first-order valence-corrected chi connectivity index (χ1v) is 6.36. The minimum Gasteiger partial charge on any atom is -0.379 e. The largest absolute Gasteiger partial charge is 0.379 e. The van der Waals surface area contributed by atoms with Crippen LogP contribution in [0.1, 0.15) is 5.56 Å². The van der Waals surface area contributed by atoms with E-state index in [2.05, 4.69) is 21.2 Å². The molecule has 2 aromatic rings. The maximum Gasteiger partial charge on any atom is 0.146 e. The third-order valence-corrected chi connectivity index (χ3v) is 3.41. The Balaban J connectivity index is 2.16. The Bertz CT molecular complexity index is 523. The van der Waals surface area contributed by atoms with E-state index in [1.54, 1.807) is 6.07 Å². The summed E-state index contributed by atoms with van der Waals surface area (Å²) in [7, 11) is 0. The molecular weight excluding hydrogens is 324 g/mol. The second-order valence-electron chi connectivity index (χ2n) is 3.71. The molecule has 0 bridgehead atoms. The Morgan fingerprint density at radius 1 is 1.11 bits per heavy atom. The van der Waals surface area contributed by atoms with E-state index in [0.29, 0.717) is 22.8 Å². The molecular formula is C13H9BrClF2N. The Morgan fingerprint density at radius 3 is 2.67 bits per heavy atom. The quantitative estimate of drug-likeness (QED) is 0.834. The van der Waals surface area contributed by atoms with Gasteiger partial charge < -0.3 is 5.32 Å². The molecule has 0 aliphatic heterocycles. The van der Waals surface area contributed by atoms with E-state index in [1.165, 1.54) is 30.3 Å². The Kier molecular flexibility index (Phi) is 4.19. The predicted molar refractivity (Wildman–Crippen MR) is 72.8 cm³/mol. The van der Waals surface area contributed by atoms with Gasteiger partial charge in [-0.15, -0.1) is 0 Å². The molecule has 0 saturated carbocycles. The van der Waals surface area contributed by atoms with Crippen molar-refractivity contribution in [1.29, 1.82) is 0 Å². The van der Waals surface area contributed by atoms with E-state index in [4.69, 9.17) is 11.6 Å². The van der Waals surface area contributed by atoms with Crippen LogP contribution in [0.3, 0.4) is 0 Å². The number of halogens is 4. The summed E-state index contributed by atoms with van der Waals surface area (Å²) in [5.74, 6) is -0.728. The van der Waals surface area contributed by atoms with Gasteiger partial charge in [-0.2, -0.15) is 0 Å². The minimum absolute atomic E-state index is 0.290. The van der Waals surface area contributed by atoms with Gasteiger partial charge in [-0.05, 0) is 42.0 Å². The highest BCUT2D eigenvalue weighted by Gasteiger charge is 2.05. The van der Waals surface area contributed by atoms with Crippen LogP contribution < -0.4 is 5.32 Å². The van der Waals surface area contributed by atoms with E-state index in [0.717, 1.165) is 4.47 Å². The third-order valence-electron chi connectivity index (χ3n) is 2.41. The molecule has 0 atom stereocenters. The van der Waals surface area contributed by atoms with Gasteiger partial charge in [0, 0.05) is 16.0 Å². The second-order valence-corrected chi connectivity index (χ2v) is 5.00. The zero-order valence-electron chi connectivity index (χ0n) is 9.18. The third kappa shape index (κ3) is 3.21. The molecule has 0 radical (unpaired) electrons. The molecule has 0 spiro atoms. The van der Waals surface area contributed by atoms with Crippen molar-refractivity contribution in [3.63, 3.8) is 0 Å². The van der Waals surface area contributed by atoms with Crippen molar-refractivity contribution in [3.8, 4) is 0 Å². The van der Waals surface area contributed by atoms with Crippen LogP contribution in [0.4, 0.5) is 14.5 Å². The van der Waals surface area contributed by atoms with Crippen molar-refractivity contribution in [3.05, 3.63) is 63.1 Å². The molecule has 5 heteroatoms. The first kappa shape index (κ1) is 13.3. The van der Waals surface area contributed by atoms with Crippen molar-refractivity contribution in [2.24, 2.45) is 0 Å². The molecule has 0 aliphatic carbocycles. The van der Waals surface area contributed by atoms with Crippen LogP contribution in [0.5, 0.6) is 0 Å². The summed E-state index contributed by atoms with van der Waals surface area (Å²) in [6, 6.07) is 8.60. The molecule has 94 valence electrons. The van der Waals surface area contributed by atoms with E-state index in [9.17, 15) is 8.78 Å². The lowest BCUT2D eigenvalue weighted by Crippen LogP contribution is -2.02. The Labute approximate surface area is 117 Å². The first-order chi connectivity index (χ1) is 8.56. The zero-order valence-corrected chi connectivity index (χ0v) is 11.5. The Hall–Kier alpha value is -1.13. The second kappa shape index (κ2) is 5.67. The molecule has 0 unspecified atom stereocenters. The number of benzene rings is 2. The molecule has 18 heavy (non-hydrogen) atoms. The molecule has 2 aromatic carbocycles. The number of nitrogens with one attached hydrogen (secondary N) is 1. The lowest BCUT2D eigenvalue weighted by Gasteiger charge is -2.09. The average molecular weight is 333 g/mol. The van der Waals surface area contributed by atoms with Crippen LogP contribution >= 0.6 is 27.5 Å². The van der Waals surface area contributed by atoms with Crippen molar-refractivity contribution in [1.82, 2.24) is 0 Å². The monoisotopic (exact) mass is 331 g/mol. The van der Waals surface area contributed by atoms with Crippen LogP contribution in [0.15, 0.2) is 40.9 Å². The van der Waals surface area contributed by atoms with Gasteiger partial charge >= 0.3 is 0 Å². The van der Waals surface area contributed by atoms with Gasteiger partial charge in [-0.3, -0.25) is 0 Å². The van der Waals surface area contributed by atoms with E-state index in [1.807, 2.05) is 0 Å². The number of anilines is 1. The summed E-state index contributed by atoms with van der Waals surface area (Å²) >= 11 is 9.09. The Morgan fingerprint density at radius 2 is 1.89 bits per heavy atom. The zero-order chi connectivity index (χ0) is 13.1. The molecule has 1 nitrogen and oxygen atoms in total. The molecule has 0 aliphatic rings. The van der Waals surface area contributed by atoms with Gasteiger partial charge in [-0.1, -0.05) is 27.5 Å². The first-order valence-electron chi connectivity index (χ1n) is 5.19. The van der Waals surface area contributed by atoms with Gasteiger partial charge in [0.05, 0.1) is 5.69 Å². The smallest absolute Gasteiger partial charge is 0.146 e. The number of rotatable bonds is 3. The van der Waals surface area contributed by atoms with Crippen LogP contribution in [-0.2, 0) is 6.54 Å². The summed E-state index contributed by atoms with van der Waals surface area (Å²) in [5.41, 5.74) is 0.994. The highest BCUT2D eigenvalue weighted by atomic mass is 79.9. The maximum absolute atomic E-state index is 13.4. The van der Waals surface area contributed by atoms with Crippen LogP contribution in [-0.4, -0.2) is 0 Å². The normalized spacial score (nSPS) is 10.4. The van der Waals surface area contributed by atoms with Gasteiger partial charge in [-0.25, -0.2) is 8.78 Å². The lowest BCUT2D eigenvalue weighted by atomic mass is 10.2. The molecule has 0 heterocycles. The lowest BCUT2D eigenvalue weighted by molar-refractivity contribution is 0.624. The highest BCUT2D eigenvalue weighted by molar-refractivity contribution is 9.10. The van der Waals surface area contributed by atoms with Gasteiger partial charge in [0.1, 0.15) is 11.6 Å². The highest BCUT2D eigenvalue weighted by Crippen LogP contribution is 2.22.